The third kappa shape index (κ3) is 5.23. The smallest absolute Gasteiger partial charge is 0.222 e. The number of fused-ring (bicyclic) bond motifs is 14. The first kappa shape index (κ1) is 37.2. The molecule has 0 spiro atoms. The van der Waals surface area contributed by atoms with Crippen LogP contribution in [0.3, 0.4) is 0 Å². The lowest BCUT2D eigenvalue weighted by atomic mass is 10.0. The molecule has 0 radical (unpaired) electrons. The fourth-order valence-electron chi connectivity index (χ4n) is 9.75. The summed E-state index contributed by atoms with van der Waals surface area (Å²) in [6, 6.07) is 51.8. The fraction of sp³-hybridized carbons (Fsp3) is 0.0357. The second-order valence-corrected chi connectivity index (χ2v) is 15.9. The van der Waals surface area contributed by atoms with E-state index in [4.69, 9.17) is 9.97 Å². The van der Waals surface area contributed by atoms with Crippen molar-refractivity contribution in [2.75, 3.05) is 0 Å². The van der Waals surface area contributed by atoms with Gasteiger partial charge in [-0.3, -0.25) is 27.1 Å². The van der Waals surface area contributed by atoms with Crippen molar-refractivity contribution in [3.8, 4) is 22.5 Å². The van der Waals surface area contributed by atoms with E-state index in [0.29, 0.717) is 0 Å². The van der Waals surface area contributed by atoms with Gasteiger partial charge in [-0.25, -0.2) is 0 Å². The van der Waals surface area contributed by atoms with Gasteiger partial charge in [0.15, 0.2) is 11.3 Å². The predicted octanol–water partition coefficient (Wildman–Crippen LogP) is 14.0. The summed E-state index contributed by atoms with van der Waals surface area (Å²) in [6.07, 6.45) is 16.1. The second kappa shape index (κ2) is 14.5. The molecule has 64 heavy (non-hydrogen) atoms. The number of rotatable bonds is 9. The van der Waals surface area contributed by atoms with Gasteiger partial charge in [0, 0.05) is 33.5 Å². The second-order valence-electron chi connectivity index (χ2n) is 15.9. The number of benzene rings is 6. The van der Waals surface area contributed by atoms with Gasteiger partial charge in [0.05, 0.1) is 33.1 Å². The van der Waals surface area contributed by atoms with Crippen molar-refractivity contribution in [1.29, 1.82) is 0 Å². The van der Waals surface area contributed by atoms with Gasteiger partial charge in [0.1, 0.15) is 11.0 Å². The van der Waals surface area contributed by atoms with Crippen LogP contribution in [0.4, 0.5) is 0 Å². The van der Waals surface area contributed by atoms with Crippen molar-refractivity contribution in [2.24, 2.45) is 0 Å². The number of para-hydroxylation sites is 4. The molecule has 8 nitrogen and oxygen atoms in total. The van der Waals surface area contributed by atoms with Gasteiger partial charge in [-0.2, -0.15) is 9.97 Å². The highest BCUT2D eigenvalue weighted by molar-refractivity contribution is 6.12. The van der Waals surface area contributed by atoms with Crippen molar-refractivity contribution in [3.05, 3.63) is 207 Å². The van der Waals surface area contributed by atoms with E-state index < -0.39 is 0 Å². The molecule has 8 heteroatoms. The van der Waals surface area contributed by atoms with E-state index in [2.05, 4.69) is 217 Å². The molecule has 0 bridgehead atoms. The van der Waals surface area contributed by atoms with Gasteiger partial charge in [-0.15, -0.1) is 0 Å². The minimum Gasteiger partial charge on any atom is -0.293 e. The Balaban J connectivity index is 1.13. The van der Waals surface area contributed by atoms with Crippen LogP contribution in [0, 0.1) is 0 Å². The molecule has 0 N–H and O–H groups in total. The highest BCUT2D eigenvalue weighted by Crippen LogP contribution is 2.40. The van der Waals surface area contributed by atoms with E-state index in [1.807, 2.05) is 25.2 Å². The van der Waals surface area contributed by atoms with Gasteiger partial charge in [0.2, 0.25) is 11.6 Å². The molecule has 6 aromatic carbocycles. The normalized spacial score (nSPS) is 13.0. The molecular weight excluding hydrogens is 785 g/mol. The summed E-state index contributed by atoms with van der Waals surface area (Å²) < 4.78 is 13.7. The van der Waals surface area contributed by atoms with Gasteiger partial charge < -0.3 is 0 Å². The van der Waals surface area contributed by atoms with Crippen LogP contribution in [0.15, 0.2) is 207 Å². The van der Waals surface area contributed by atoms with Gasteiger partial charge in [-0.05, 0) is 104 Å². The van der Waals surface area contributed by atoms with Crippen LogP contribution < -0.4 is 0 Å². The Kier molecular flexibility index (Phi) is 8.42. The first-order valence-corrected chi connectivity index (χ1v) is 21.6. The third-order valence-electron chi connectivity index (χ3n) is 12.5. The number of hydrogen-bond acceptors (Lipinski definition) is 2. The van der Waals surface area contributed by atoms with Crippen molar-refractivity contribution in [3.63, 3.8) is 0 Å². The summed E-state index contributed by atoms with van der Waals surface area (Å²) in [5.74, 6) is 1.67. The Hall–Kier alpha value is -8.62. The Morgan fingerprint density at radius 2 is 1.08 bits per heavy atom. The van der Waals surface area contributed by atoms with E-state index in [9.17, 15) is 0 Å². The molecule has 0 saturated carbocycles. The Morgan fingerprint density at radius 3 is 1.75 bits per heavy atom. The van der Waals surface area contributed by atoms with E-state index in [-0.39, 0.29) is 0 Å². The van der Waals surface area contributed by atoms with Crippen molar-refractivity contribution < 1.29 is 0 Å². The molecule has 0 aliphatic heterocycles. The van der Waals surface area contributed by atoms with Crippen LogP contribution in [0.1, 0.15) is 13.8 Å². The Morgan fingerprint density at radius 1 is 0.500 bits per heavy atom. The number of imidazole rings is 4. The zero-order valence-electron chi connectivity index (χ0n) is 35.5. The SMILES string of the molecule is C=C/C=C\C(=C/C)n1c2ccccc2c2c1nc1n(/C(C=C)=C/C=C\C)c3cc(-c4ccc5c(c4)n(-c4ccccc4)c4nc6c(c7ccccc7n6-c6ccccc6)n54)ccc3n21. The zero-order valence-corrected chi connectivity index (χ0v) is 35.5. The molecule has 0 atom stereocenters. The Bertz CT molecular complexity index is 4000. The topological polar surface area (TPSA) is 54.3 Å². The van der Waals surface area contributed by atoms with Crippen LogP contribution in [-0.2, 0) is 0 Å². The maximum Gasteiger partial charge on any atom is 0.222 e. The average molecular weight is 827 g/mol. The van der Waals surface area contributed by atoms with E-state index in [1.165, 1.54) is 0 Å². The van der Waals surface area contributed by atoms with Gasteiger partial charge >= 0.3 is 0 Å². The highest BCUT2D eigenvalue weighted by Gasteiger charge is 2.26. The van der Waals surface area contributed by atoms with E-state index in [1.54, 1.807) is 6.08 Å². The largest absolute Gasteiger partial charge is 0.293 e. The first-order chi connectivity index (χ1) is 31.6. The molecule has 0 amide bonds. The van der Waals surface area contributed by atoms with Crippen molar-refractivity contribution >= 4 is 89.1 Å². The minimum atomic E-state index is 0.809. The fourth-order valence-corrected chi connectivity index (χ4v) is 9.75. The maximum absolute atomic E-state index is 5.49. The monoisotopic (exact) mass is 826 g/mol. The molecule has 0 unspecified atom stereocenters. The lowest BCUT2D eigenvalue weighted by Crippen LogP contribution is -1.98. The number of nitrogens with zero attached hydrogens (tertiary/aromatic N) is 8. The number of allylic oxidation sites excluding steroid dienone is 10. The Labute approximate surface area is 368 Å². The lowest BCUT2D eigenvalue weighted by molar-refractivity contribution is 1.09. The van der Waals surface area contributed by atoms with Crippen molar-refractivity contribution in [1.82, 2.24) is 37.0 Å². The summed E-state index contributed by atoms with van der Waals surface area (Å²) in [4.78, 5) is 11.0. The number of hydrogen-bond donors (Lipinski definition) is 0. The highest BCUT2D eigenvalue weighted by atomic mass is 15.3. The van der Waals surface area contributed by atoms with Gasteiger partial charge in [-0.1, -0.05) is 128 Å². The molecule has 12 rings (SSSR count). The van der Waals surface area contributed by atoms with Crippen molar-refractivity contribution in [2.45, 2.75) is 13.8 Å². The van der Waals surface area contributed by atoms with E-state index >= 15 is 0 Å². The minimum absolute atomic E-state index is 0.809. The summed E-state index contributed by atoms with van der Waals surface area (Å²) >= 11 is 0. The maximum atomic E-state index is 5.49. The molecule has 6 aromatic heterocycles. The average Bonchev–Trinajstić information content (AvgIpc) is 4.17. The molecule has 0 saturated heterocycles. The standard InChI is InChI=1S/C56H42N8/c1-5-9-21-39(7-3)59-45-29-19-17-27-43(45)51-53(59)57-55-61(40(8-4)22-10-6-2)49-35-37(31-33-47(49)63(51)55)38-32-34-48-50(36-38)62(42-25-15-12-16-26-42)56-58-54-52(64(48)56)44-28-18-20-30-46(44)60(54)41-23-13-11-14-24-41/h5-36H,1,4H2,2-3H3/b10-6-,21-9-,39-7+,40-22+. The van der Waals surface area contributed by atoms with Gasteiger partial charge in [0.25, 0.3) is 0 Å². The third-order valence-corrected chi connectivity index (χ3v) is 12.5. The van der Waals surface area contributed by atoms with Crippen LogP contribution >= 0.6 is 0 Å². The van der Waals surface area contributed by atoms with Crippen LogP contribution in [-0.4, -0.2) is 37.0 Å². The number of aromatic nitrogens is 8. The van der Waals surface area contributed by atoms with Crippen LogP contribution in [0.25, 0.3) is 112 Å². The quantitative estimate of drug-likeness (QED) is 0.136. The van der Waals surface area contributed by atoms with Crippen LogP contribution in [0.2, 0.25) is 0 Å². The summed E-state index contributed by atoms with van der Waals surface area (Å²) in [7, 11) is 0. The van der Waals surface area contributed by atoms with E-state index in [0.717, 1.165) is 112 Å². The molecule has 6 heterocycles. The first-order valence-electron chi connectivity index (χ1n) is 21.6. The summed E-state index contributed by atoms with van der Waals surface area (Å²) in [6.45, 7) is 12.3. The molecular formula is C56H42N8. The molecule has 12 aromatic rings. The molecule has 306 valence electrons. The van der Waals surface area contributed by atoms with Crippen LogP contribution in [0.5, 0.6) is 0 Å². The zero-order chi connectivity index (χ0) is 43.1. The lowest BCUT2D eigenvalue weighted by Gasteiger charge is -2.09. The molecule has 0 aliphatic rings. The predicted molar refractivity (Wildman–Crippen MR) is 268 cm³/mol. The summed E-state index contributed by atoms with van der Waals surface area (Å²) in [5.41, 5.74) is 16.6. The summed E-state index contributed by atoms with van der Waals surface area (Å²) in [5, 5.41) is 2.27. The molecule has 0 aliphatic carbocycles. The molecule has 0 fully saturated rings.